The van der Waals surface area contributed by atoms with Crippen molar-refractivity contribution in [2.75, 3.05) is 18.4 Å². The fourth-order valence-corrected chi connectivity index (χ4v) is 2.88. The van der Waals surface area contributed by atoms with Crippen LogP contribution in [-0.4, -0.2) is 19.0 Å². The van der Waals surface area contributed by atoms with Gasteiger partial charge < -0.3 is 10.6 Å². The number of carbonyl (C=O) groups excluding carboxylic acids is 1. The number of hydrogen-bond acceptors (Lipinski definition) is 2. The number of nitrogens with one attached hydrogen (secondary N) is 2. The van der Waals surface area contributed by atoms with E-state index >= 15 is 0 Å². The zero-order valence-corrected chi connectivity index (χ0v) is 12.4. The molecule has 1 aliphatic heterocycles. The maximum absolute atomic E-state index is 12.1. The predicted octanol–water partition coefficient (Wildman–Crippen LogP) is 2.74. The van der Waals surface area contributed by atoms with E-state index in [9.17, 15) is 4.79 Å². The van der Waals surface area contributed by atoms with Gasteiger partial charge >= 0.3 is 0 Å². The van der Waals surface area contributed by atoms with Crippen LogP contribution in [0.3, 0.4) is 0 Å². The second-order valence-electron chi connectivity index (χ2n) is 4.36. The van der Waals surface area contributed by atoms with Crippen molar-refractivity contribution in [2.45, 2.75) is 6.92 Å². The van der Waals surface area contributed by atoms with Crippen LogP contribution in [-0.2, 0) is 4.79 Å². The van der Waals surface area contributed by atoms with Crippen LogP contribution in [0.2, 0.25) is 5.02 Å². The number of carbonyl (C=O) groups is 1. The zero-order valence-electron chi connectivity index (χ0n) is 9.47. The second-order valence-corrected chi connectivity index (χ2v) is 6.01. The van der Waals surface area contributed by atoms with Gasteiger partial charge in [-0.25, -0.2) is 0 Å². The number of amides is 1. The fraction of sp³-hybridized carbons (Fsp3) is 0.417. The van der Waals surface area contributed by atoms with Gasteiger partial charge in [-0.05, 0) is 53.3 Å². The van der Waals surface area contributed by atoms with Gasteiger partial charge in [-0.2, -0.15) is 0 Å². The first kappa shape index (κ1) is 13.1. The van der Waals surface area contributed by atoms with Crippen LogP contribution in [0.1, 0.15) is 6.92 Å². The SMILES string of the molecule is CC1CNCC1C(=O)Nc1ccc(I)cc1Cl. The molecule has 1 aliphatic rings. The van der Waals surface area contributed by atoms with Gasteiger partial charge in [0.2, 0.25) is 5.91 Å². The molecule has 2 unspecified atom stereocenters. The lowest BCUT2D eigenvalue weighted by Gasteiger charge is -2.15. The monoisotopic (exact) mass is 364 g/mol. The van der Waals surface area contributed by atoms with Crippen LogP contribution in [0.15, 0.2) is 18.2 Å². The molecule has 17 heavy (non-hydrogen) atoms. The Labute approximate surface area is 119 Å². The molecule has 1 aromatic carbocycles. The van der Waals surface area contributed by atoms with Crippen LogP contribution >= 0.6 is 34.2 Å². The number of hydrogen-bond donors (Lipinski definition) is 2. The zero-order chi connectivity index (χ0) is 12.4. The highest BCUT2D eigenvalue weighted by atomic mass is 127. The van der Waals surface area contributed by atoms with Gasteiger partial charge in [0.15, 0.2) is 0 Å². The molecule has 0 bridgehead atoms. The first-order valence-electron chi connectivity index (χ1n) is 5.54. The molecule has 92 valence electrons. The van der Waals surface area contributed by atoms with Gasteiger partial charge in [-0.3, -0.25) is 4.79 Å². The molecule has 1 saturated heterocycles. The first-order valence-corrected chi connectivity index (χ1v) is 7.00. The molecule has 0 aliphatic carbocycles. The van der Waals surface area contributed by atoms with E-state index in [-0.39, 0.29) is 11.8 Å². The van der Waals surface area contributed by atoms with Gasteiger partial charge in [0.25, 0.3) is 0 Å². The summed E-state index contributed by atoms with van der Waals surface area (Å²) in [7, 11) is 0. The lowest BCUT2D eigenvalue weighted by molar-refractivity contribution is -0.120. The van der Waals surface area contributed by atoms with Crippen molar-refractivity contribution in [3.63, 3.8) is 0 Å². The summed E-state index contributed by atoms with van der Waals surface area (Å²) in [4.78, 5) is 12.1. The van der Waals surface area contributed by atoms with E-state index in [0.717, 1.165) is 16.7 Å². The third-order valence-corrected chi connectivity index (χ3v) is 4.03. The Balaban J connectivity index is 2.07. The molecule has 1 heterocycles. The molecule has 2 atom stereocenters. The number of rotatable bonds is 2. The summed E-state index contributed by atoms with van der Waals surface area (Å²) in [6.07, 6.45) is 0. The van der Waals surface area contributed by atoms with Crippen LogP contribution in [0.4, 0.5) is 5.69 Å². The predicted molar refractivity (Wildman–Crippen MR) is 78.3 cm³/mol. The molecule has 0 radical (unpaired) electrons. The van der Waals surface area contributed by atoms with Crippen LogP contribution in [0.5, 0.6) is 0 Å². The topological polar surface area (TPSA) is 41.1 Å². The summed E-state index contributed by atoms with van der Waals surface area (Å²) in [6, 6.07) is 5.61. The van der Waals surface area contributed by atoms with Crippen LogP contribution in [0.25, 0.3) is 0 Å². The van der Waals surface area contributed by atoms with Gasteiger partial charge in [0.1, 0.15) is 0 Å². The van der Waals surface area contributed by atoms with Crippen molar-refractivity contribution in [3.8, 4) is 0 Å². The van der Waals surface area contributed by atoms with Crippen molar-refractivity contribution >= 4 is 45.8 Å². The van der Waals surface area contributed by atoms with E-state index in [4.69, 9.17) is 11.6 Å². The third kappa shape index (κ3) is 3.11. The highest BCUT2D eigenvalue weighted by Gasteiger charge is 2.29. The van der Waals surface area contributed by atoms with E-state index in [1.165, 1.54) is 0 Å². The van der Waals surface area contributed by atoms with Crippen molar-refractivity contribution in [1.29, 1.82) is 0 Å². The maximum atomic E-state index is 12.1. The lowest BCUT2D eigenvalue weighted by atomic mass is 9.97. The number of benzene rings is 1. The Morgan fingerprint density at radius 2 is 2.29 bits per heavy atom. The lowest BCUT2D eigenvalue weighted by Crippen LogP contribution is -2.27. The molecule has 2 rings (SSSR count). The van der Waals surface area contributed by atoms with E-state index in [1.807, 2.05) is 18.2 Å². The minimum atomic E-state index is 0.0327. The Morgan fingerprint density at radius 3 is 2.88 bits per heavy atom. The van der Waals surface area contributed by atoms with Gasteiger partial charge in [0.05, 0.1) is 16.6 Å². The molecule has 5 heteroatoms. The molecule has 1 amide bonds. The van der Waals surface area contributed by atoms with Crippen molar-refractivity contribution in [1.82, 2.24) is 5.32 Å². The molecule has 0 spiro atoms. The summed E-state index contributed by atoms with van der Waals surface area (Å²) in [5, 5.41) is 6.70. The number of anilines is 1. The van der Waals surface area contributed by atoms with E-state index in [0.29, 0.717) is 16.6 Å². The Hall–Kier alpha value is -0.330. The van der Waals surface area contributed by atoms with Crippen LogP contribution < -0.4 is 10.6 Å². The highest BCUT2D eigenvalue weighted by molar-refractivity contribution is 14.1. The molecular formula is C12H14ClIN2O. The fourth-order valence-electron chi connectivity index (χ4n) is 1.98. The molecule has 2 N–H and O–H groups in total. The average molecular weight is 365 g/mol. The summed E-state index contributed by atoms with van der Waals surface area (Å²) >= 11 is 8.27. The largest absolute Gasteiger partial charge is 0.324 e. The van der Waals surface area contributed by atoms with E-state index in [2.05, 4.69) is 40.1 Å². The average Bonchev–Trinajstić information content (AvgIpc) is 2.68. The minimum Gasteiger partial charge on any atom is -0.324 e. The Kier molecular flexibility index (Phi) is 4.27. The molecule has 0 aromatic heterocycles. The third-order valence-electron chi connectivity index (χ3n) is 3.04. The smallest absolute Gasteiger partial charge is 0.229 e. The summed E-state index contributed by atoms with van der Waals surface area (Å²) in [5.74, 6) is 0.452. The van der Waals surface area contributed by atoms with E-state index in [1.54, 1.807) is 0 Å². The number of halogens is 2. The molecular weight excluding hydrogens is 351 g/mol. The second kappa shape index (κ2) is 5.54. The summed E-state index contributed by atoms with van der Waals surface area (Å²) in [6.45, 7) is 3.73. The molecule has 1 fully saturated rings. The maximum Gasteiger partial charge on any atom is 0.229 e. The van der Waals surface area contributed by atoms with Crippen molar-refractivity contribution in [2.24, 2.45) is 11.8 Å². The molecule has 3 nitrogen and oxygen atoms in total. The summed E-state index contributed by atoms with van der Waals surface area (Å²) in [5.41, 5.74) is 0.691. The first-order chi connectivity index (χ1) is 8.08. The van der Waals surface area contributed by atoms with Gasteiger partial charge in [-0.15, -0.1) is 0 Å². The highest BCUT2D eigenvalue weighted by Crippen LogP contribution is 2.25. The Bertz CT molecular complexity index is 439. The van der Waals surface area contributed by atoms with Gasteiger partial charge in [0, 0.05) is 10.1 Å². The standard InChI is InChI=1S/C12H14ClIN2O/c1-7-5-15-6-9(7)12(17)16-11-3-2-8(14)4-10(11)13/h2-4,7,9,15H,5-6H2,1H3,(H,16,17). The quantitative estimate of drug-likeness (QED) is 0.792. The molecule has 1 aromatic rings. The normalized spacial score (nSPS) is 23.7. The summed E-state index contributed by atoms with van der Waals surface area (Å²) < 4.78 is 1.06. The van der Waals surface area contributed by atoms with Crippen molar-refractivity contribution in [3.05, 3.63) is 26.8 Å². The van der Waals surface area contributed by atoms with E-state index < -0.39 is 0 Å². The molecule has 0 saturated carbocycles. The van der Waals surface area contributed by atoms with Gasteiger partial charge in [-0.1, -0.05) is 18.5 Å². The Morgan fingerprint density at radius 1 is 1.53 bits per heavy atom. The van der Waals surface area contributed by atoms with Crippen LogP contribution in [0, 0.1) is 15.4 Å². The van der Waals surface area contributed by atoms with Crippen molar-refractivity contribution < 1.29 is 4.79 Å². The minimum absolute atomic E-state index is 0.0327.